The predicted octanol–water partition coefficient (Wildman–Crippen LogP) is 14.7. The SMILES string of the molecule is c1ccc(C2=NC(c3ccccc3)N=C(c3ccc(-c4ccc5sc6ccccc6c5c4-c4cccc(C5N=C(c6ccc7ccccc7c6)NC(c6cccc7ccccc67)=N5)c4)cc3)N2)cc1. The molecule has 2 N–H and O–H groups in total. The molecule has 0 fully saturated rings. The predicted molar refractivity (Wildman–Crippen MR) is 289 cm³/mol. The molecule has 2 aliphatic rings. The minimum atomic E-state index is -0.504. The number of rotatable bonds is 8. The van der Waals surface area contributed by atoms with Crippen LogP contribution in [0.2, 0.25) is 0 Å². The fourth-order valence-corrected chi connectivity index (χ4v) is 10.9. The van der Waals surface area contributed by atoms with Crippen molar-refractivity contribution in [2.24, 2.45) is 20.0 Å². The second kappa shape index (κ2) is 17.1. The van der Waals surface area contributed by atoms with Crippen molar-refractivity contribution in [3.05, 3.63) is 264 Å². The summed E-state index contributed by atoms with van der Waals surface area (Å²) in [5.74, 6) is 3.16. The van der Waals surface area contributed by atoms with E-state index >= 15 is 0 Å². The highest BCUT2D eigenvalue weighted by atomic mass is 32.1. The quantitative estimate of drug-likeness (QED) is 0.159. The largest absolute Gasteiger partial charge is 0.324 e. The van der Waals surface area contributed by atoms with Crippen LogP contribution in [0.4, 0.5) is 0 Å². The van der Waals surface area contributed by atoms with Crippen LogP contribution >= 0.6 is 11.3 Å². The summed E-state index contributed by atoms with van der Waals surface area (Å²) in [5, 5.41) is 14.4. The molecule has 0 amide bonds. The highest BCUT2D eigenvalue weighted by molar-refractivity contribution is 7.26. The lowest BCUT2D eigenvalue weighted by Gasteiger charge is -2.24. The minimum Gasteiger partial charge on any atom is -0.324 e. The maximum Gasteiger partial charge on any atom is 0.169 e. The summed E-state index contributed by atoms with van der Waals surface area (Å²) in [6.45, 7) is 0. The molecule has 11 aromatic rings. The number of nitrogens with one attached hydrogen (secondary N) is 2. The number of hydrogen-bond donors (Lipinski definition) is 2. The van der Waals surface area contributed by atoms with Crippen LogP contribution in [-0.2, 0) is 0 Å². The summed E-state index contributed by atoms with van der Waals surface area (Å²) in [7, 11) is 0. The van der Waals surface area contributed by atoms with E-state index in [0.29, 0.717) is 0 Å². The molecule has 6 nitrogen and oxygen atoms in total. The highest BCUT2D eigenvalue weighted by Crippen LogP contribution is 2.46. The molecule has 0 bridgehead atoms. The zero-order valence-corrected chi connectivity index (χ0v) is 38.1. The Hall–Kier alpha value is -8.78. The number of benzene rings is 10. The molecule has 69 heavy (non-hydrogen) atoms. The minimum absolute atomic E-state index is 0.370. The summed E-state index contributed by atoms with van der Waals surface area (Å²) in [6, 6.07) is 81.5. The maximum absolute atomic E-state index is 5.43. The zero-order chi connectivity index (χ0) is 45.7. The summed E-state index contributed by atoms with van der Waals surface area (Å²) in [5.41, 5.74) is 10.6. The molecule has 1 aromatic heterocycles. The van der Waals surface area contributed by atoms with Crippen LogP contribution in [0.3, 0.4) is 0 Å². The van der Waals surface area contributed by atoms with Gasteiger partial charge in [0.05, 0.1) is 0 Å². The first kappa shape index (κ1) is 40.5. The second-order valence-corrected chi connectivity index (χ2v) is 18.5. The Morgan fingerprint density at radius 2 is 0.870 bits per heavy atom. The van der Waals surface area contributed by atoms with Crippen LogP contribution in [0.15, 0.2) is 250 Å². The van der Waals surface area contributed by atoms with Crippen molar-refractivity contribution in [2.45, 2.75) is 12.3 Å². The lowest BCUT2D eigenvalue weighted by molar-refractivity contribution is 0.756. The van der Waals surface area contributed by atoms with E-state index in [1.807, 2.05) is 47.7 Å². The van der Waals surface area contributed by atoms with Gasteiger partial charge in [-0.1, -0.05) is 206 Å². The molecule has 10 aromatic carbocycles. The van der Waals surface area contributed by atoms with Gasteiger partial charge in [-0.05, 0) is 79.2 Å². The van der Waals surface area contributed by atoms with Crippen molar-refractivity contribution in [3.63, 3.8) is 0 Å². The second-order valence-electron chi connectivity index (χ2n) is 17.4. The Morgan fingerprint density at radius 1 is 0.319 bits per heavy atom. The van der Waals surface area contributed by atoms with Gasteiger partial charge in [0.15, 0.2) is 12.3 Å². The van der Waals surface area contributed by atoms with E-state index in [-0.39, 0.29) is 6.17 Å². The van der Waals surface area contributed by atoms with Crippen molar-refractivity contribution in [1.29, 1.82) is 0 Å². The van der Waals surface area contributed by atoms with Crippen molar-refractivity contribution >= 4 is 76.4 Å². The van der Waals surface area contributed by atoms with Crippen molar-refractivity contribution < 1.29 is 0 Å². The standard InChI is InChI=1S/C62H42N6S/c1-3-17-42(18-4-1)57-63-58(43-19-5-2-6-20-43)65-59(64-57)44-32-30-41(31-33-44)50-35-36-54-56(52-26-11-12-28-53(52)69-54)55(50)46-23-13-24-47(38-46)60-66-61(48-34-29-39-15-7-8-21-45(39)37-48)68-62(67-60)51-27-14-22-40-16-9-10-25-49(40)51/h1-38,57,60H,(H,63,64,65)(H,66,67,68). The third kappa shape index (κ3) is 7.55. The van der Waals surface area contributed by atoms with Gasteiger partial charge in [-0.2, -0.15) is 0 Å². The molecule has 2 aliphatic heterocycles. The molecule has 13 rings (SSSR count). The summed E-state index contributed by atoms with van der Waals surface area (Å²) < 4.78 is 2.50. The smallest absolute Gasteiger partial charge is 0.169 e. The van der Waals surface area contributed by atoms with Gasteiger partial charge >= 0.3 is 0 Å². The third-order valence-electron chi connectivity index (χ3n) is 13.2. The molecule has 0 saturated heterocycles. The fourth-order valence-electron chi connectivity index (χ4n) is 9.78. The number of thiophene rings is 1. The molecule has 7 heteroatoms. The van der Waals surface area contributed by atoms with Crippen LogP contribution in [0.5, 0.6) is 0 Å². The van der Waals surface area contributed by atoms with Crippen molar-refractivity contribution in [2.75, 3.05) is 0 Å². The van der Waals surface area contributed by atoms with E-state index in [0.717, 1.165) is 89.6 Å². The number of aliphatic imine (C=N–C) groups is 4. The van der Waals surface area contributed by atoms with E-state index in [9.17, 15) is 0 Å². The van der Waals surface area contributed by atoms with Crippen LogP contribution in [0, 0.1) is 0 Å². The van der Waals surface area contributed by atoms with Gasteiger partial charge in [-0.25, -0.2) is 20.0 Å². The third-order valence-corrected chi connectivity index (χ3v) is 14.3. The monoisotopic (exact) mass is 902 g/mol. The Bertz CT molecular complexity index is 3900. The first-order valence-electron chi connectivity index (χ1n) is 23.3. The Kier molecular flexibility index (Phi) is 10.1. The molecule has 0 saturated carbocycles. The van der Waals surface area contributed by atoms with Gasteiger partial charge in [-0.3, -0.25) is 0 Å². The first-order chi connectivity index (χ1) is 34.2. The van der Waals surface area contributed by atoms with Gasteiger partial charge in [0, 0.05) is 42.4 Å². The number of nitrogens with zero attached hydrogens (tertiary/aromatic N) is 4. The van der Waals surface area contributed by atoms with Gasteiger partial charge in [-0.15, -0.1) is 11.3 Å². The van der Waals surface area contributed by atoms with Crippen molar-refractivity contribution in [1.82, 2.24) is 10.6 Å². The average molecular weight is 903 g/mol. The molecule has 0 spiro atoms. The van der Waals surface area contributed by atoms with E-state index in [1.54, 1.807) is 0 Å². The van der Waals surface area contributed by atoms with E-state index < -0.39 is 6.17 Å². The van der Waals surface area contributed by atoms with Gasteiger partial charge in [0.1, 0.15) is 23.3 Å². The van der Waals surface area contributed by atoms with Crippen LogP contribution < -0.4 is 10.6 Å². The molecule has 3 heterocycles. The normalized spacial score (nSPS) is 15.8. The first-order valence-corrected chi connectivity index (χ1v) is 24.1. The molecule has 0 radical (unpaired) electrons. The summed E-state index contributed by atoms with van der Waals surface area (Å²) in [4.78, 5) is 21.0. The summed E-state index contributed by atoms with van der Waals surface area (Å²) in [6.07, 6.45) is -0.874. The maximum atomic E-state index is 5.43. The lowest BCUT2D eigenvalue weighted by atomic mass is 9.89. The van der Waals surface area contributed by atoms with Crippen LogP contribution in [0.1, 0.15) is 45.7 Å². The molecule has 0 aliphatic carbocycles. The fraction of sp³-hybridized carbons (Fsp3) is 0.0323. The van der Waals surface area contributed by atoms with Crippen LogP contribution in [-0.4, -0.2) is 23.3 Å². The van der Waals surface area contributed by atoms with E-state index in [1.165, 1.54) is 31.1 Å². The Balaban J connectivity index is 0.934. The molecular formula is C62H42N6S. The van der Waals surface area contributed by atoms with Gasteiger partial charge < -0.3 is 10.6 Å². The van der Waals surface area contributed by atoms with Gasteiger partial charge in [0.25, 0.3) is 0 Å². The topological polar surface area (TPSA) is 73.5 Å². The molecule has 2 unspecified atom stereocenters. The Labute approximate surface area is 403 Å². The van der Waals surface area contributed by atoms with E-state index in [2.05, 4.69) is 205 Å². The average Bonchev–Trinajstić information content (AvgIpc) is 3.82. The van der Waals surface area contributed by atoms with Crippen molar-refractivity contribution in [3.8, 4) is 22.3 Å². The lowest BCUT2D eigenvalue weighted by Crippen LogP contribution is -2.36. The molecule has 2 atom stereocenters. The number of amidine groups is 4. The van der Waals surface area contributed by atoms with Crippen LogP contribution in [0.25, 0.3) is 64.0 Å². The number of hydrogen-bond acceptors (Lipinski definition) is 7. The van der Waals surface area contributed by atoms with E-state index in [4.69, 9.17) is 20.0 Å². The summed E-state index contributed by atoms with van der Waals surface area (Å²) >= 11 is 1.83. The number of fused-ring (bicyclic) bond motifs is 5. The van der Waals surface area contributed by atoms with Gasteiger partial charge in [0.2, 0.25) is 0 Å². The highest BCUT2D eigenvalue weighted by Gasteiger charge is 2.25. The Morgan fingerprint density at radius 3 is 1.68 bits per heavy atom. The molecular weight excluding hydrogens is 861 g/mol. The molecule has 326 valence electrons. The zero-order valence-electron chi connectivity index (χ0n) is 37.3.